The lowest BCUT2D eigenvalue weighted by Crippen LogP contribution is -2.44. The van der Waals surface area contributed by atoms with E-state index >= 15 is 0 Å². The predicted molar refractivity (Wildman–Crippen MR) is 116 cm³/mol. The van der Waals surface area contributed by atoms with Gasteiger partial charge in [-0.15, -0.1) is 0 Å². The number of halogens is 1. The summed E-state index contributed by atoms with van der Waals surface area (Å²) in [5, 5.41) is 4.54. The van der Waals surface area contributed by atoms with Gasteiger partial charge < -0.3 is 10.2 Å². The number of nitrogens with one attached hydrogen (secondary N) is 1. The molecule has 1 N–H and O–H groups in total. The molecule has 0 unspecified atom stereocenters. The van der Waals surface area contributed by atoms with Gasteiger partial charge in [0.2, 0.25) is 0 Å². The van der Waals surface area contributed by atoms with Gasteiger partial charge in [-0.3, -0.25) is 4.99 Å². The second kappa shape index (κ2) is 7.55. The first-order valence-corrected chi connectivity index (χ1v) is 10.3. The number of fused-ring (bicyclic) bond motifs is 1. The number of nitrogens with zero attached hydrogens (tertiary/aromatic N) is 2. The minimum Gasteiger partial charge on any atom is -0.376 e. The molecule has 0 atom stereocenters. The third-order valence-corrected chi connectivity index (χ3v) is 6.24. The highest BCUT2D eigenvalue weighted by Crippen LogP contribution is 2.47. The zero-order valence-electron chi connectivity index (χ0n) is 16.3. The van der Waals surface area contributed by atoms with E-state index in [1.807, 2.05) is 18.2 Å². The first kappa shape index (κ1) is 18.4. The Morgan fingerprint density at radius 3 is 2.59 bits per heavy atom. The molecule has 0 amide bonds. The number of amidine groups is 1. The molecule has 1 aliphatic carbocycles. The number of hydrogen-bond donors (Lipinski definition) is 1. The van der Waals surface area contributed by atoms with Crippen LogP contribution < -0.4 is 10.2 Å². The average molecular weight is 382 g/mol. The fourth-order valence-electron chi connectivity index (χ4n) is 4.61. The summed E-state index contributed by atoms with van der Waals surface area (Å²) in [5.74, 6) is 1.17. The Balaban J connectivity index is 1.72. The lowest BCUT2D eigenvalue weighted by molar-refractivity contribution is 0.278. The zero-order chi connectivity index (χ0) is 18.9. The Morgan fingerprint density at radius 2 is 1.85 bits per heavy atom. The van der Waals surface area contributed by atoms with E-state index in [4.69, 9.17) is 16.6 Å². The van der Waals surface area contributed by atoms with Crippen molar-refractivity contribution in [1.29, 1.82) is 0 Å². The van der Waals surface area contributed by atoms with Crippen molar-refractivity contribution >= 4 is 28.8 Å². The summed E-state index contributed by atoms with van der Waals surface area (Å²) in [6.07, 6.45) is 7.46. The van der Waals surface area contributed by atoms with Gasteiger partial charge in [-0.25, -0.2) is 0 Å². The molecule has 2 aromatic rings. The van der Waals surface area contributed by atoms with E-state index in [1.54, 1.807) is 0 Å². The minimum absolute atomic E-state index is 0.161. The Hall–Kier alpha value is -2.00. The normalized spacial score (nSPS) is 19.6. The molecule has 0 bridgehead atoms. The molecule has 4 rings (SSSR count). The summed E-state index contributed by atoms with van der Waals surface area (Å²) in [4.78, 5) is 7.28. The molecule has 1 saturated carbocycles. The van der Waals surface area contributed by atoms with Gasteiger partial charge in [0.05, 0.1) is 17.9 Å². The fraction of sp³-hybridized carbons (Fsp3) is 0.435. The maximum atomic E-state index is 6.16. The summed E-state index contributed by atoms with van der Waals surface area (Å²) in [5.41, 5.74) is 5.20. The van der Waals surface area contributed by atoms with Crippen molar-refractivity contribution in [1.82, 2.24) is 0 Å². The van der Waals surface area contributed by atoms with Gasteiger partial charge >= 0.3 is 0 Å². The van der Waals surface area contributed by atoms with Crippen LogP contribution in [0.15, 0.2) is 47.5 Å². The first-order valence-electron chi connectivity index (χ1n) is 9.93. The number of rotatable bonds is 3. The van der Waals surface area contributed by atoms with Crippen LogP contribution in [0.1, 0.15) is 43.2 Å². The second-order valence-corrected chi connectivity index (χ2v) is 8.58. The maximum absolute atomic E-state index is 6.16. The van der Waals surface area contributed by atoms with E-state index in [2.05, 4.69) is 48.6 Å². The van der Waals surface area contributed by atoms with E-state index < -0.39 is 0 Å². The van der Waals surface area contributed by atoms with Crippen LogP contribution in [0.3, 0.4) is 0 Å². The summed E-state index contributed by atoms with van der Waals surface area (Å²) in [7, 11) is 4.20. The van der Waals surface area contributed by atoms with Crippen molar-refractivity contribution in [3.8, 4) is 0 Å². The molecular formula is C23H28ClN3. The molecule has 1 spiro atoms. The fourth-order valence-corrected chi connectivity index (χ4v) is 4.82. The van der Waals surface area contributed by atoms with E-state index in [1.165, 1.54) is 54.9 Å². The van der Waals surface area contributed by atoms with Crippen LogP contribution in [0.2, 0.25) is 5.02 Å². The summed E-state index contributed by atoms with van der Waals surface area (Å²) in [6.45, 7) is 0.671. The Morgan fingerprint density at radius 1 is 1.07 bits per heavy atom. The molecule has 1 aliphatic heterocycles. The molecule has 0 radical (unpaired) electrons. The molecule has 3 nitrogen and oxygen atoms in total. The quantitative estimate of drug-likeness (QED) is 0.714. The van der Waals surface area contributed by atoms with Crippen LogP contribution in [0.4, 0.5) is 11.4 Å². The molecule has 2 aromatic carbocycles. The van der Waals surface area contributed by atoms with E-state index in [-0.39, 0.29) is 5.41 Å². The van der Waals surface area contributed by atoms with Gasteiger partial charge in [0.25, 0.3) is 0 Å². The molecule has 0 aromatic heterocycles. The van der Waals surface area contributed by atoms with Crippen molar-refractivity contribution in [2.75, 3.05) is 24.3 Å². The lowest BCUT2D eigenvalue weighted by atomic mass is 9.67. The van der Waals surface area contributed by atoms with Gasteiger partial charge in [-0.2, -0.15) is 0 Å². The lowest BCUT2D eigenvalue weighted by Gasteiger charge is -2.43. The van der Waals surface area contributed by atoms with Crippen molar-refractivity contribution < 1.29 is 0 Å². The SMILES string of the molecule is CN(C)c1cccc2c1NC(=NCc1cccc(Cl)c1)C1(CCCCC1)C2. The number of hydrogen-bond acceptors (Lipinski definition) is 2. The van der Waals surface area contributed by atoms with Gasteiger partial charge in [0.15, 0.2) is 0 Å². The molecule has 4 heteroatoms. The van der Waals surface area contributed by atoms with Crippen molar-refractivity contribution in [3.63, 3.8) is 0 Å². The number of para-hydroxylation sites is 1. The van der Waals surface area contributed by atoms with Crippen molar-refractivity contribution in [3.05, 3.63) is 58.6 Å². The van der Waals surface area contributed by atoms with Crippen LogP contribution in [0, 0.1) is 5.41 Å². The van der Waals surface area contributed by atoms with Crippen LogP contribution in [-0.2, 0) is 13.0 Å². The molecule has 0 saturated heterocycles. The minimum atomic E-state index is 0.161. The van der Waals surface area contributed by atoms with E-state index in [9.17, 15) is 0 Å². The highest BCUT2D eigenvalue weighted by molar-refractivity contribution is 6.30. The van der Waals surface area contributed by atoms with Gasteiger partial charge in [-0.1, -0.05) is 55.1 Å². The van der Waals surface area contributed by atoms with Crippen LogP contribution in [0.25, 0.3) is 0 Å². The van der Waals surface area contributed by atoms with Crippen molar-refractivity contribution in [2.24, 2.45) is 10.4 Å². The van der Waals surface area contributed by atoms with Gasteiger partial charge in [-0.05, 0) is 48.6 Å². The molecule has 27 heavy (non-hydrogen) atoms. The molecular weight excluding hydrogens is 354 g/mol. The monoisotopic (exact) mass is 381 g/mol. The number of aliphatic imine (C=N–C) groups is 1. The topological polar surface area (TPSA) is 27.6 Å². The third-order valence-electron chi connectivity index (χ3n) is 6.00. The predicted octanol–water partition coefficient (Wildman–Crippen LogP) is 5.92. The van der Waals surface area contributed by atoms with Crippen LogP contribution in [-0.4, -0.2) is 19.9 Å². The smallest absolute Gasteiger partial charge is 0.108 e. The molecule has 1 heterocycles. The van der Waals surface area contributed by atoms with E-state index in [0.717, 1.165) is 17.0 Å². The second-order valence-electron chi connectivity index (χ2n) is 8.14. The van der Waals surface area contributed by atoms with E-state index in [0.29, 0.717) is 6.54 Å². The summed E-state index contributed by atoms with van der Waals surface area (Å²) in [6, 6.07) is 14.7. The third kappa shape index (κ3) is 3.70. The maximum Gasteiger partial charge on any atom is 0.108 e. The Bertz CT molecular complexity index is 850. The van der Waals surface area contributed by atoms with Crippen LogP contribution >= 0.6 is 11.6 Å². The highest BCUT2D eigenvalue weighted by Gasteiger charge is 2.41. The summed E-state index contributed by atoms with van der Waals surface area (Å²) >= 11 is 6.16. The largest absolute Gasteiger partial charge is 0.376 e. The first-order chi connectivity index (χ1) is 13.1. The number of anilines is 2. The Kier molecular flexibility index (Phi) is 5.14. The zero-order valence-corrected chi connectivity index (χ0v) is 17.0. The standard InChI is InChI=1S/C23H28ClN3/c1-27(2)20-11-7-9-18-15-23(12-4-3-5-13-23)22(26-21(18)20)25-16-17-8-6-10-19(24)14-17/h6-11,14H,3-5,12-13,15-16H2,1-2H3,(H,25,26). The Labute approximate surface area is 167 Å². The van der Waals surface area contributed by atoms with Gasteiger partial charge in [0, 0.05) is 24.5 Å². The van der Waals surface area contributed by atoms with Crippen LogP contribution in [0.5, 0.6) is 0 Å². The van der Waals surface area contributed by atoms with Crippen molar-refractivity contribution in [2.45, 2.75) is 45.1 Å². The molecule has 142 valence electrons. The molecule has 1 fully saturated rings. The number of benzene rings is 2. The van der Waals surface area contributed by atoms with Gasteiger partial charge in [0.1, 0.15) is 5.84 Å². The molecule has 2 aliphatic rings. The summed E-state index contributed by atoms with van der Waals surface area (Å²) < 4.78 is 0. The average Bonchev–Trinajstić information content (AvgIpc) is 2.66. The highest BCUT2D eigenvalue weighted by atomic mass is 35.5.